The number of amides is 1. The molecule has 1 fully saturated rings. The average Bonchev–Trinajstić information content (AvgIpc) is 2.74. The van der Waals surface area contributed by atoms with Crippen LogP contribution in [-0.4, -0.2) is 41.6 Å². The van der Waals surface area contributed by atoms with Crippen LogP contribution in [0.1, 0.15) is 47.8 Å². The van der Waals surface area contributed by atoms with E-state index in [-0.39, 0.29) is 36.4 Å². The number of nitrogens with zero attached hydrogens (tertiary/aromatic N) is 1. The minimum Gasteiger partial charge on any atom is -0.444 e. The fraction of sp³-hybridized carbons (Fsp3) is 0.360. The van der Waals surface area contributed by atoms with Gasteiger partial charge in [0.25, 0.3) is 0 Å². The van der Waals surface area contributed by atoms with Crippen molar-refractivity contribution in [3.63, 3.8) is 0 Å². The number of carbonyl (C=O) groups excluding carboxylic acids is 2. The molecule has 0 spiro atoms. The number of likely N-dealkylation sites (tertiary alicyclic amines) is 1. The van der Waals surface area contributed by atoms with Gasteiger partial charge in [0, 0.05) is 5.56 Å². The zero-order chi connectivity index (χ0) is 28.8. The highest BCUT2D eigenvalue weighted by Crippen LogP contribution is 2.43. The molecule has 1 amide bonds. The first-order chi connectivity index (χ1) is 17.2. The van der Waals surface area contributed by atoms with E-state index in [1.807, 2.05) is 0 Å². The molecule has 206 valence electrons. The third-order valence-electron chi connectivity index (χ3n) is 5.45. The summed E-state index contributed by atoms with van der Waals surface area (Å²) in [5.41, 5.74) is -7.22. The molecule has 2 aromatic rings. The largest absolute Gasteiger partial charge is 0.444 e. The molecule has 0 radical (unpaired) electrons. The average molecular weight is 586 g/mol. The molecule has 1 heterocycles. The van der Waals surface area contributed by atoms with Crippen molar-refractivity contribution in [1.29, 1.82) is 0 Å². The molecule has 0 atom stereocenters. The summed E-state index contributed by atoms with van der Waals surface area (Å²) in [6, 6.07) is 5.26. The van der Waals surface area contributed by atoms with Crippen LogP contribution < -0.4 is 0 Å². The number of ether oxygens (including phenoxy) is 1. The first kappa shape index (κ1) is 29.8. The van der Waals surface area contributed by atoms with Gasteiger partial charge in [0.1, 0.15) is 5.60 Å². The number of hydrogen-bond donors (Lipinski definition) is 0. The molecule has 13 heteroatoms. The van der Waals surface area contributed by atoms with Gasteiger partial charge in [-0.15, -0.1) is 0 Å². The van der Waals surface area contributed by atoms with Gasteiger partial charge >= 0.3 is 18.4 Å². The van der Waals surface area contributed by atoms with Gasteiger partial charge in [-0.1, -0.05) is 47.5 Å². The summed E-state index contributed by atoms with van der Waals surface area (Å²) < 4.78 is 101. The van der Waals surface area contributed by atoms with E-state index in [1.54, 1.807) is 20.8 Å². The molecule has 0 aliphatic carbocycles. The van der Waals surface area contributed by atoms with Gasteiger partial charge in [-0.05, 0) is 50.1 Å². The number of alkyl halides is 7. The lowest BCUT2D eigenvalue weighted by Crippen LogP contribution is -2.59. The van der Waals surface area contributed by atoms with E-state index in [0.717, 1.165) is 17.0 Å². The number of benzene rings is 2. The highest BCUT2D eigenvalue weighted by atomic mass is 35.5. The molecule has 4 nitrogen and oxygen atoms in total. The second kappa shape index (κ2) is 10.1. The van der Waals surface area contributed by atoms with Crippen LogP contribution in [0, 0.1) is 0 Å². The Morgan fingerprint density at radius 2 is 1.50 bits per heavy atom. The van der Waals surface area contributed by atoms with Crippen LogP contribution in [0.15, 0.2) is 42.5 Å². The lowest BCUT2D eigenvalue weighted by Gasteiger charge is -2.44. The SMILES string of the molecule is CC(C)(C)OC(=O)N1CC(F)(c2ccc(C(=O)/C=C(/c3cc(Cl)c(Cl)c(C(F)(F)F)c3)C(F)(F)F)cc2)C1. The second-order valence-corrected chi connectivity index (χ2v) is 10.4. The van der Waals surface area contributed by atoms with E-state index < -0.39 is 62.2 Å². The van der Waals surface area contributed by atoms with Crippen LogP contribution in [0.2, 0.25) is 10.0 Å². The predicted molar refractivity (Wildman–Crippen MR) is 127 cm³/mol. The number of rotatable bonds is 4. The molecule has 0 unspecified atom stereocenters. The number of halogens is 9. The standard InChI is InChI=1S/C25H20Cl2F7NO3/c1-22(2,3)38-21(37)35-11-23(28,12-35)15-6-4-13(5-7-15)19(36)10-16(24(29,30)31)14-8-17(25(32,33)34)20(27)18(26)9-14/h4-10H,11-12H2,1-3H3/b16-10-. The first-order valence-corrected chi connectivity index (χ1v) is 11.6. The molecule has 1 aliphatic rings. The first-order valence-electron chi connectivity index (χ1n) is 10.9. The zero-order valence-corrected chi connectivity index (χ0v) is 21.5. The zero-order valence-electron chi connectivity index (χ0n) is 20.0. The maximum absolute atomic E-state index is 15.2. The lowest BCUT2D eigenvalue weighted by molar-refractivity contribution is -0.137. The number of allylic oxidation sites excluding steroid dienone is 2. The summed E-state index contributed by atoms with van der Waals surface area (Å²) in [4.78, 5) is 25.8. The number of hydrogen-bond acceptors (Lipinski definition) is 3. The Labute approximate surface area is 222 Å². The molecule has 2 aromatic carbocycles. The van der Waals surface area contributed by atoms with Gasteiger partial charge in [0.05, 0.1) is 34.3 Å². The highest BCUT2D eigenvalue weighted by Gasteiger charge is 2.48. The summed E-state index contributed by atoms with van der Waals surface area (Å²) in [6.07, 6.45) is -10.9. The molecule has 1 aliphatic heterocycles. The maximum atomic E-state index is 15.2. The summed E-state index contributed by atoms with van der Waals surface area (Å²) in [5, 5.41) is -1.76. The molecule has 0 saturated carbocycles. The molecule has 38 heavy (non-hydrogen) atoms. The van der Waals surface area contributed by atoms with E-state index in [4.69, 9.17) is 27.9 Å². The monoisotopic (exact) mass is 585 g/mol. The molecule has 3 rings (SSSR count). The summed E-state index contributed by atoms with van der Waals surface area (Å²) in [7, 11) is 0. The minimum absolute atomic E-state index is 0.0770. The Balaban J connectivity index is 1.86. The van der Waals surface area contributed by atoms with Crippen molar-refractivity contribution < 1.29 is 45.1 Å². The minimum atomic E-state index is -5.23. The topological polar surface area (TPSA) is 46.6 Å². The van der Waals surface area contributed by atoms with E-state index in [9.17, 15) is 35.9 Å². The van der Waals surface area contributed by atoms with Gasteiger partial charge < -0.3 is 9.64 Å². The lowest BCUT2D eigenvalue weighted by atomic mass is 9.87. The summed E-state index contributed by atoms with van der Waals surface area (Å²) >= 11 is 11.1. The molecular formula is C25H20Cl2F7NO3. The van der Waals surface area contributed by atoms with Crippen molar-refractivity contribution in [2.75, 3.05) is 13.1 Å². The molecule has 0 aromatic heterocycles. The Hall–Kier alpha value is -2.79. The van der Waals surface area contributed by atoms with Gasteiger partial charge in [-0.3, -0.25) is 4.79 Å². The summed E-state index contributed by atoms with van der Waals surface area (Å²) in [5.74, 6) is -1.19. The Morgan fingerprint density at radius 3 is 1.97 bits per heavy atom. The molecule has 0 N–H and O–H groups in total. The third kappa shape index (κ3) is 6.61. The fourth-order valence-corrected chi connectivity index (χ4v) is 4.06. The van der Waals surface area contributed by atoms with Crippen molar-refractivity contribution in [3.05, 3.63) is 74.8 Å². The molecule has 1 saturated heterocycles. The van der Waals surface area contributed by atoms with Crippen molar-refractivity contribution in [2.45, 2.75) is 44.4 Å². The van der Waals surface area contributed by atoms with Crippen molar-refractivity contribution in [1.82, 2.24) is 4.90 Å². The van der Waals surface area contributed by atoms with Gasteiger partial charge in [-0.25, -0.2) is 9.18 Å². The number of carbonyl (C=O) groups is 2. The second-order valence-electron chi connectivity index (χ2n) is 9.62. The number of ketones is 1. The van der Waals surface area contributed by atoms with Gasteiger partial charge in [-0.2, -0.15) is 26.3 Å². The van der Waals surface area contributed by atoms with Crippen LogP contribution in [-0.2, 0) is 16.6 Å². The van der Waals surface area contributed by atoms with Crippen molar-refractivity contribution >= 4 is 40.7 Å². The van der Waals surface area contributed by atoms with Crippen LogP contribution in [0.4, 0.5) is 35.5 Å². The Kier molecular flexibility index (Phi) is 7.89. The van der Waals surface area contributed by atoms with Crippen molar-refractivity contribution in [2.24, 2.45) is 0 Å². The normalized spacial score (nSPS) is 16.2. The van der Waals surface area contributed by atoms with E-state index >= 15 is 4.39 Å². The van der Waals surface area contributed by atoms with Crippen LogP contribution in [0.5, 0.6) is 0 Å². The highest BCUT2D eigenvalue weighted by molar-refractivity contribution is 6.42. The maximum Gasteiger partial charge on any atom is 0.417 e. The van der Waals surface area contributed by atoms with E-state index in [1.165, 1.54) is 12.1 Å². The molecular weight excluding hydrogens is 566 g/mol. The van der Waals surface area contributed by atoms with Crippen molar-refractivity contribution in [3.8, 4) is 0 Å². The van der Waals surface area contributed by atoms with Gasteiger partial charge in [0.2, 0.25) is 0 Å². The predicted octanol–water partition coefficient (Wildman–Crippen LogP) is 8.26. The van der Waals surface area contributed by atoms with E-state index in [2.05, 4.69) is 0 Å². The third-order valence-corrected chi connectivity index (χ3v) is 6.25. The smallest absolute Gasteiger partial charge is 0.417 e. The summed E-state index contributed by atoms with van der Waals surface area (Å²) in [6.45, 7) is 4.30. The van der Waals surface area contributed by atoms with Crippen LogP contribution in [0.25, 0.3) is 5.57 Å². The van der Waals surface area contributed by atoms with Gasteiger partial charge in [0.15, 0.2) is 11.5 Å². The Bertz CT molecular complexity index is 1270. The quantitative estimate of drug-likeness (QED) is 0.206. The Morgan fingerprint density at radius 1 is 0.947 bits per heavy atom. The fourth-order valence-electron chi connectivity index (χ4n) is 3.62. The molecule has 0 bridgehead atoms. The van der Waals surface area contributed by atoms with Crippen LogP contribution >= 0.6 is 23.2 Å². The van der Waals surface area contributed by atoms with Crippen LogP contribution in [0.3, 0.4) is 0 Å². The van der Waals surface area contributed by atoms with E-state index in [0.29, 0.717) is 6.07 Å².